The molecule has 1 aliphatic heterocycles. The van der Waals surface area contributed by atoms with Gasteiger partial charge in [-0.3, -0.25) is 4.79 Å². The Morgan fingerprint density at radius 3 is 2.65 bits per heavy atom. The lowest BCUT2D eigenvalue weighted by Gasteiger charge is -2.18. The van der Waals surface area contributed by atoms with Gasteiger partial charge in [-0.05, 0) is 17.6 Å². The number of benzene rings is 1. The Morgan fingerprint density at radius 1 is 1.41 bits per heavy atom. The molecule has 1 amide bonds. The number of nitrogens with zero attached hydrogens (tertiary/aromatic N) is 1. The Kier molecular flexibility index (Phi) is 3.39. The van der Waals surface area contributed by atoms with Gasteiger partial charge in [-0.25, -0.2) is 0 Å². The number of carbonyl (C=O) groups is 1. The number of rotatable bonds is 2. The molecular formula is C10H11BClNO4. The van der Waals surface area contributed by atoms with Crippen molar-refractivity contribution in [3.05, 3.63) is 23.2 Å². The zero-order valence-corrected chi connectivity index (χ0v) is 9.63. The first-order valence-corrected chi connectivity index (χ1v) is 5.51. The second-order valence-electron chi connectivity index (χ2n) is 3.95. The van der Waals surface area contributed by atoms with Crippen LogP contribution < -0.4 is 10.4 Å². The van der Waals surface area contributed by atoms with E-state index in [1.165, 1.54) is 23.1 Å². The highest BCUT2D eigenvalue weighted by Crippen LogP contribution is 2.28. The van der Waals surface area contributed by atoms with E-state index in [1.807, 2.05) is 0 Å². The molecule has 17 heavy (non-hydrogen) atoms. The van der Waals surface area contributed by atoms with Crippen LogP contribution in [0.25, 0.3) is 0 Å². The standard InChI is InChI=1S/C10H11BClNO4/c12-8-2-1-6(11(16)17)3-9(8)13-5-7(14)4-10(13)15/h1-3,7,14,16-17H,4-5H2. The van der Waals surface area contributed by atoms with Crippen LogP contribution >= 0.6 is 11.6 Å². The fourth-order valence-electron chi connectivity index (χ4n) is 1.82. The molecule has 1 aromatic carbocycles. The van der Waals surface area contributed by atoms with Gasteiger partial charge in [0.2, 0.25) is 5.91 Å². The molecule has 0 saturated carbocycles. The maximum absolute atomic E-state index is 11.6. The van der Waals surface area contributed by atoms with Gasteiger partial charge in [0.15, 0.2) is 0 Å². The first-order chi connectivity index (χ1) is 7.99. The highest BCUT2D eigenvalue weighted by molar-refractivity contribution is 6.59. The number of carbonyl (C=O) groups excluding carboxylic acids is 1. The molecule has 90 valence electrons. The van der Waals surface area contributed by atoms with Gasteiger partial charge < -0.3 is 20.1 Å². The Bertz CT molecular complexity index is 454. The molecule has 5 nitrogen and oxygen atoms in total. The van der Waals surface area contributed by atoms with Crippen molar-refractivity contribution in [3.8, 4) is 0 Å². The summed E-state index contributed by atoms with van der Waals surface area (Å²) in [6, 6.07) is 4.39. The third-order valence-electron chi connectivity index (χ3n) is 2.66. The molecule has 1 fully saturated rings. The van der Waals surface area contributed by atoms with E-state index in [0.29, 0.717) is 10.7 Å². The Hall–Kier alpha value is -1.08. The minimum atomic E-state index is -1.62. The number of β-amino-alcohol motifs (C(OH)–C–C–N with tert-alkyl or cyclic N) is 1. The normalized spacial score (nSPS) is 19.9. The highest BCUT2D eigenvalue weighted by Gasteiger charge is 2.30. The van der Waals surface area contributed by atoms with Gasteiger partial charge in [-0.15, -0.1) is 0 Å². The summed E-state index contributed by atoms with van der Waals surface area (Å²) >= 11 is 5.96. The van der Waals surface area contributed by atoms with Crippen LogP contribution in [0.3, 0.4) is 0 Å². The highest BCUT2D eigenvalue weighted by atomic mass is 35.5. The van der Waals surface area contributed by atoms with E-state index in [2.05, 4.69) is 0 Å². The molecule has 1 heterocycles. The number of aliphatic hydroxyl groups is 1. The van der Waals surface area contributed by atoms with Crippen molar-refractivity contribution in [1.82, 2.24) is 0 Å². The summed E-state index contributed by atoms with van der Waals surface area (Å²) in [5, 5.41) is 27.8. The predicted molar refractivity (Wildman–Crippen MR) is 64.3 cm³/mol. The summed E-state index contributed by atoms with van der Waals surface area (Å²) < 4.78 is 0. The van der Waals surface area contributed by atoms with Crippen LogP contribution in [0, 0.1) is 0 Å². The van der Waals surface area contributed by atoms with E-state index in [0.717, 1.165) is 0 Å². The maximum Gasteiger partial charge on any atom is 0.488 e. The molecular weight excluding hydrogens is 244 g/mol. The van der Waals surface area contributed by atoms with E-state index in [-0.39, 0.29) is 24.3 Å². The van der Waals surface area contributed by atoms with Gasteiger partial charge in [0.1, 0.15) is 0 Å². The zero-order chi connectivity index (χ0) is 12.6. The van der Waals surface area contributed by atoms with Crippen LogP contribution in [0.15, 0.2) is 18.2 Å². The van der Waals surface area contributed by atoms with E-state index < -0.39 is 13.2 Å². The molecule has 1 aliphatic rings. The molecule has 0 radical (unpaired) electrons. The van der Waals surface area contributed by atoms with E-state index in [9.17, 15) is 9.90 Å². The monoisotopic (exact) mass is 255 g/mol. The quantitative estimate of drug-likeness (QED) is 0.599. The molecule has 1 saturated heterocycles. The summed E-state index contributed by atoms with van der Waals surface area (Å²) in [7, 11) is -1.62. The predicted octanol–water partition coefficient (Wildman–Crippen LogP) is -0.883. The van der Waals surface area contributed by atoms with E-state index in [1.54, 1.807) is 0 Å². The second kappa shape index (κ2) is 4.66. The lowest BCUT2D eigenvalue weighted by atomic mass is 9.80. The van der Waals surface area contributed by atoms with Crippen LogP contribution in [0.2, 0.25) is 5.02 Å². The van der Waals surface area contributed by atoms with Crippen molar-refractivity contribution < 1.29 is 19.9 Å². The lowest BCUT2D eigenvalue weighted by molar-refractivity contribution is -0.117. The van der Waals surface area contributed by atoms with Crippen molar-refractivity contribution in [2.75, 3.05) is 11.4 Å². The molecule has 0 spiro atoms. The largest absolute Gasteiger partial charge is 0.488 e. The summed E-state index contributed by atoms with van der Waals surface area (Å²) in [4.78, 5) is 12.9. The first kappa shape index (κ1) is 12.4. The third kappa shape index (κ3) is 2.45. The average molecular weight is 255 g/mol. The molecule has 7 heteroatoms. The van der Waals surface area contributed by atoms with Crippen LogP contribution in [0.5, 0.6) is 0 Å². The zero-order valence-electron chi connectivity index (χ0n) is 8.88. The lowest BCUT2D eigenvalue weighted by Crippen LogP contribution is -2.32. The first-order valence-electron chi connectivity index (χ1n) is 5.13. The van der Waals surface area contributed by atoms with Crippen LogP contribution in [0.1, 0.15) is 6.42 Å². The van der Waals surface area contributed by atoms with Gasteiger partial charge in [0.25, 0.3) is 0 Å². The number of hydrogen-bond acceptors (Lipinski definition) is 4. The topological polar surface area (TPSA) is 81.0 Å². The SMILES string of the molecule is O=C1CC(O)CN1c1cc(B(O)O)ccc1Cl. The van der Waals surface area contributed by atoms with Crippen molar-refractivity contribution in [2.45, 2.75) is 12.5 Å². The molecule has 0 bridgehead atoms. The Balaban J connectivity index is 2.37. The van der Waals surface area contributed by atoms with Gasteiger partial charge in [0.05, 0.1) is 29.8 Å². The van der Waals surface area contributed by atoms with Crippen molar-refractivity contribution in [1.29, 1.82) is 0 Å². The summed E-state index contributed by atoms with van der Waals surface area (Å²) in [6.07, 6.45) is -0.649. The smallest absolute Gasteiger partial charge is 0.423 e. The average Bonchev–Trinajstić information content (AvgIpc) is 2.58. The Labute approximate surface area is 103 Å². The van der Waals surface area contributed by atoms with E-state index in [4.69, 9.17) is 21.6 Å². The van der Waals surface area contributed by atoms with Crippen molar-refractivity contribution in [2.24, 2.45) is 0 Å². The van der Waals surface area contributed by atoms with Gasteiger partial charge >= 0.3 is 7.12 Å². The number of hydrogen-bond donors (Lipinski definition) is 3. The molecule has 1 unspecified atom stereocenters. The molecule has 3 N–H and O–H groups in total. The maximum atomic E-state index is 11.6. The minimum absolute atomic E-state index is 0.0578. The molecule has 0 aromatic heterocycles. The molecule has 1 aromatic rings. The van der Waals surface area contributed by atoms with Crippen molar-refractivity contribution >= 4 is 35.8 Å². The van der Waals surface area contributed by atoms with Gasteiger partial charge in [-0.1, -0.05) is 17.7 Å². The second-order valence-corrected chi connectivity index (χ2v) is 4.35. The molecule has 2 rings (SSSR count). The Morgan fingerprint density at radius 2 is 2.12 bits per heavy atom. The minimum Gasteiger partial charge on any atom is -0.423 e. The fraction of sp³-hybridized carbons (Fsp3) is 0.300. The number of aliphatic hydroxyl groups excluding tert-OH is 1. The number of amides is 1. The van der Waals surface area contributed by atoms with Crippen LogP contribution in [-0.4, -0.2) is 40.8 Å². The third-order valence-corrected chi connectivity index (χ3v) is 2.98. The molecule has 1 atom stereocenters. The number of anilines is 1. The van der Waals surface area contributed by atoms with Crippen molar-refractivity contribution in [3.63, 3.8) is 0 Å². The van der Waals surface area contributed by atoms with Gasteiger partial charge in [-0.2, -0.15) is 0 Å². The summed E-state index contributed by atoms with van der Waals surface area (Å²) in [5.74, 6) is -0.232. The number of halogens is 1. The summed E-state index contributed by atoms with van der Waals surface area (Å²) in [5.41, 5.74) is 0.636. The van der Waals surface area contributed by atoms with Crippen LogP contribution in [0.4, 0.5) is 5.69 Å². The fourth-order valence-corrected chi connectivity index (χ4v) is 2.04. The van der Waals surface area contributed by atoms with Gasteiger partial charge in [0, 0.05) is 0 Å². The van der Waals surface area contributed by atoms with Crippen LogP contribution in [-0.2, 0) is 4.79 Å². The molecule has 0 aliphatic carbocycles. The van der Waals surface area contributed by atoms with E-state index >= 15 is 0 Å². The summed E-state index contributed by atoms with van der Waals surface area (Å²) in [6.45, 7) is 0.170.